The zero-order valence-corrected chi connectivity index (χ0v) is 14.8. The van der Waals surface area contributed by atoms with Crippen LogP contribution in [0, 0.1) is 0 Å². The number of hydrogen-bond donors (Lipinski definition) is 8. The smallest absolute Gasteiger partial charge is 0.326 e. The average Bonchev–Trinajstić information content (AvgIpc) is 2.58. The van der Waals surface area contributed by atoms with Crippen LogP contribution in [0.5, 0.6) is 0 Å². The van der Waals surface area contributed by atoms with E-state index in [0.717, 1.165) is 0 Å². The number of aliphatic imine (C=N–C) groups is 1. The fourth-order valence-electron chi connectivity index (χ4n) is 1.93. The summed E-state index contributed by atoms with van der Waals surface area (Å²) in [5, 5.41) is 22.9. The van der Waals surface area contributed by atoms with Gasteiger partial charge in [-0.1, -0.05) is 0 Å². The van der Waals surface area contributed by atoms with Gasteiger partial charge in [0.15, 0.2) is 5.96 Å². The summed E-state index contributed by atoms with van der Waals surface area (Å²) in [5.74, 6) is -3.76. The molecule has 0 unspecified atom stereocenters. The standard InChI is InChI=1S/C14H27N7O6/c15-7(3-4-10(16)23)11(24)21-9(6-22)12(25)20-8(13(26)27)2-1-5-19-14(17)18/h7-9,22H,1-6,15H2,(H2,16,23)(H,20,25)(H,21,24)(H,26,27)(H4,17,18,19)/t7-,8-,9-/m0/s1. The highest BCUT2D eigenvalue weighted by molar-refractivity contribution is 5.92. The lowest BCUT2D eigenvalue weighted by Gasteiger charge is -2.21. The Morgan fingerprint density at radius 3 is 2.04 bits per heavy atom. The second kappa shape index (κ2) is 12.4. The van der Waals surface area contributed by atoms with Crippen LogP contribution < -0.4 is 33.6 Å². The summed E-state index contributed by atoms with van der Waals surface area (Å²) in [6.45, 7) is -0.600. The van der Waals surface area contributed by atoms with Gasteiger partial charge in [0.2, 0.25) is 17.7 Å². The largest absolute Gasteiger partial charge is 0.480 e. The number of hydrogen-bond acceptors (Lipinski definition) is 7. The molecule has 0 rings (SSSR count). The van der Waals surface area contributed by atoms with Gasteiger partial charge in [-0.2, -0.15) is 0 Å². The van der Waals surface area contributed by atoms with E-state index < -0.39 is 48.4 Å². The van der Waals surface area contributed by atoms with Crippen molar-refractivity contribution in [3.05, 3.63) is 0 Å². The number of aliphatic carboxylic acids is 1. The highest BCUT2D eigenvalue weighted by atomic mass is 16.4. The number of rotatable bonds is 13. The molecule has 0 aliphatic heterocycles. The second-order valence-corrected chi connectivity index (χ2v) is 5.70. The lowest BCUT2D eigenvalue weighted by atomic mass is 10.1. The van der Waals surface area contributed by atoms with Gasteiger partial charge < -0.3 is 43.8 Å². The number of nitrogens with one attached hydrogen (secondary N) is 2. The number of carbonyl (C=O) groups is 4. The number of carbonyl (C=O) groups excluding carboxylic acids is 3. The SMILES string of the molecule is NC(=O)CC[C@H](N)C(=O)N[C@@H](CO)C(=O)N[C@@H](CCCN=C(N)N)C(=O)O. The molecule has 27 heavy (non-hydrogen) atoms. The average molecular weight is 389 g/mol. The normalized spacial score (nSPS) is 13.7. The summed E-state index contributed by atoms with van der Waals surface area (Å²) in [5.41, 5.74) is 20.8. The van der Waals surface area contributed by atoms with Gasteiger partial charge in [0.1, 0.15) is 12.1 Å². The molecule has 0 aromatic carbocycles. The van der Waals surface area contributed by atoms with Crippen molar-refractivity contribution < 1.29 is 29.4 Å². The highest BCUT2D eigenvalue weighted by Gasteiger charge is 2.27. The van der Waals surface area contributed by atoms with Crippen LogP contribution in [0.1, 0.15) is 25.7 Å². The van der Waals surface area contributed by atoms with Crippen LogP contribution in [0.2, 0.25) is 0 Å². The van der Waals surface area contributed by atoms with Crippen LogP contribution in [-0.2, 0) is 19.2 Å². The first-order valence-corrected chi connectivity index (χ1v) is 8.12. The molecule has 154 valence electrons. The Kier molecular flexibility index (Phi) is 11.1. The van der Waals surface area contributed by atoms with Crippen molar-refractivity contribution in [2.45, 2.75) is 43.8 Å². The summed E-state index contributed by atoms with van der Waals surface area (Å²) >= 11 is 0. The molecule has 0 radical (unpaired) electrons. The lowest BCUT2D eigenvalue weighted by Crippen LogP contribution is -2.55. The Morgan fingerprint density at radius 1 is 0.963 bits per heavy atom. The third-order valence-electron chi connectivity index (χ3n) is 3.41. The molecule has 3 amide bonds. The minimum Gasteiger partial charge on any atom is -0.480 e. The highest BCUT2D eigenvalue weighted by Crippen LogP contribution is 2.00. The van der Waals surface area contributed by atoms with Gasteiger partial charge in [-0.15, -0.1) is 0 Å². The first-order chi connectivity index (χ1) is 12.6. The summed E-state index contributed by atoms with van der Waals surface area (Å²) in [6.07, 6.45) is 0.149. The summed E-state index contributed by atoms with van der Waals surface area (Å²) < 4.78 is 0. The molecule has 13 heteroatoms. The number of guanidine groups is 1. The van der Waals surface area contributed by atoms with Crippen LogP contribution in [0.4, 0.5) is 0 Å². The monoisotopic (exact) mass is 389 g/mol. The number of nitrogens with two attached hydrogens (primary N) is 4. The summed E-state index contributed by atoms with van der Waals surface area (Å²) in [6, 6.07) is -3.79. The third-order valence-corrected chi connectivity index (χ3v) is 3.41. The minimum atomic E-state index is -1.41. The predicted molar refractivity (Wildman–Crippen MR) is 94.9 cm³/mol. The lowest BCUT2D eigenvalue weighted by molar-refractivity contribution is -0.142. The number of primary amides is 1. The number of aliphatic hydroxyl groups is 1. The Labute approximate surface area is 155 Å². The summed E-state index contributed by atoms with van der Waals surface area (Å²) in [7, 11) is 0. The molecule has 0 aliphatic rings. The van der Waals surface area contributed by atoms with E-state index in [4.69, 9.17) is 28.0 Å². The van der Waals surface area contributed by atoms with Crippen LogP contribution in [0.15, 0.2) is 4.99 Å². The van der Waals surface area contributed by atoms with Gasteiger partial charge in [-0.25, -0.2) is 4.79 Å². The Balaban J connectivity index is 4.68. The van der Waals surface area contributed by atoms with Crippen LogP contribution in [-0.4, -0.2) is 71.1 Å². The van der Waals surface area contributed by atoms with E-state index in [1.54, 1.807) is 0 Å². The van der Waals surface area contributed by atoms with E-state index in [1.165, 1.54) is 0 Å². The van der Waals surface area contributed by atoms with Crippen molar-refractivity contribution in [3.8, 4) is 0 Å². The number of aliphatic hydroxyl groups excluding tert-OH is 1. The van der Waals surface area contributed by atoms with Gasteiger partial charge >= 0.3 is 5.97 Å². The van der Waals surface area contributed by atoms with Gasteiger partial charge in [-0.3, -0.25) is 19.4 Å². The molecule has 0 aromatic heterocycles. The van der Waals surface area contributed by atoms with Gasteiger partial charge in [0.25, 0.3) is 0 Å². The van der Waals surface area contributed by atoms with Crippen LogP contribution in [0.3, 0.4) is 0 Å². The van der Waals surface area contributed by atoms with Crippen molar-refractivity contribution in [3.63, 3.8) is 0 Å². The first kappa shape index (κ1) is 24.1. The number of carboxylic acid groups (broad SMARTS) is 1. The van der Waals surface area contributed by atoms with Crippen molar-refractivity contribution in [2.24, 2.45) is 27.9 Å². The predicted octanol–water partition coefficient (Wildman–Crippen LogP) is -4.32. The third kappa shape index (κ3) is 10.6. The Hall–Kier alpha value is -2.93. The van der Waals surface area contributed by atoms with E-state index in [1.807, 2.05) is 0 Å². The van der Waals surface area contributed by atoms with E-state index in [2.05, 4.69) is 15.6 Å². The molecule has 0 aromatic rings. The molecule has 0 saturated heterocycles. The van der Waals surface area contributed by atoms with Crippen LogP contribution in [0.25, 0.3) is 0 Å². The van der Waals surface area contributed by atoms with E-state index in [0.29, 0.717) is 0 Å². The molecule has 0 spiro atoms. The maximum absolute atomic E-state index is 12.1. The summed E-state index contributed by atoms with van der Waals surface area (Å²) in [4.78, 5) is 49.6. The van der Waals surface area contributed by atoms with E-state index >= 15 is 0 Å². The van der Waals surface area contributed by atoms with Gasteiger partial charge in [0.05, 0.1) is 12.6 Å². The van der Waals surface area contributed by atoms with Gasteiger partial charge in [-0.05, 0) is 19.3 Å². The molecule has 0 saturated carbocycles. The molecule has 0 heterocycles. The minimum absolute atomic E-state index is 0.0298. The maximum atomic E-state index is 12.1. The van der Waals surface area contributed by atoms with Crippen molar-refractivity contribution in [1.82, 2.24) is 10.6 Å². The molecular weight excluding hydrogens is 362 g/mol. The zero-order chi connectivity index (χ0) is 21.0. The van der Waals surface area contributed by atoms with Gasteiger partial charge in [0, 0.05) is 13.0 Å². The molecule has 0 bridgehead atoms. The van der Waals surface area contributed by atoms with Crippen molar-refractivity contribution in [1.29, 1.82) is 0 Å². The fourth-order valence-corrected chi connectivity index (χ4v) is 1.93. The molecular formula is C14H27N7O6. The first-order valence-electron chi connectivity index (χ1n) is 8.12. The maximum Gasteiger partial charge on any atom is 0.326 e. The number of carboxylic acids is 1. The molecule has 3 atom stereocenters. The molecule has 13 nitrogen and oxygen atoms in total. The van der Waals surface area contributed by atoms with E-state index in [-0.39, 0.29) is 38.2 Å². The topological polar surface area (TPSA) is 249 Å². The number of nitrogens with zero attached hydrogens (tertiary/aromatic N) is 1. The molecule has 12 N–H and O–H groups in total. The fraction of sp³-hybridized carbons (Fsp3) is 0.643. The van der Waals surface area contributed by atoms with Crippen molar-refractivity contribution >= 4 is 29.7 Å². The molecule has 0 fully saturated rings. The second-order valence-electron chi connectivity index (χ2n) is 5.70. The number of amides is 3. The van der Waals surface area contributed by atoms with Crippen LogP contribution >= 0.6 is 0 Å². The quantitative estimate of drug-likeness (QED) is 0.0859. The Morgan fingerprint density at radius 2 is 1.56 bits per heavy atom. The molecule has 0 aliphatic carbocycles. The Bertz CT molecular complexity index is 564. The van der Waals surface area contributed by atoms with E-state index in [9.17, 15) is 24.3 Å². The van der Waals surface area contributed by atoms with Crippen molar-refractivity contribution in [2.75, 3.05) is 13.2 Å². The zero-order valence-electron chi connectivity index (χ0n) is 14.8.